The van der Waals surface area contributed by atoms with Gasteiger partial charge in [-0.2, -0.15) is 0 Å². The third kappa shape index (κ3) is 1.77. The van der Waals surface area contributed by atoms with Gasteiger partial charge in [-0.15, -0.1) is 0 Å². The molecule has 0 fully saturated rings. The summed E-state index contributed by atoms with van der Waals surface area (Å²) in [4.78, 5) is 0. The topological polar surface area (TPSA) is 46.2 Å². The van der Waals surface area contributed by atoms with E-state index in [1.807, 2.05) is 26.0 Å². The normalized spacial score (nSPS) is 12.9. The Balaban J connectivity index is 2.96. The molecule has 1 rings (SSSR count). The second-order valence-electron chi connectivity index (χ2n) is 3.06. The first-order valence-corrected chi connectivity index (χ1v) is 4.20. The van der Waals surface area contributed by atoms with Crippen LogP contribution in [0.25, 0.3) is 0 Å². The van der Waals surface area contributed by atoms with E-state index in [-0.39, 0.29) is 6.04 Å². The van der Waals surface area contributed by atoms with Crippen LogP contribution in [0.5, 0.6) is 5.75 Å². The summed E-state index contributed by atoms with van der Waals surface area (Å²) in [5, 5.41) is 9.26. The lowest BCUT2D eigenvalue weighted by atomic mass is 10.0. The van der Waals surface area contributed by atoms with Gasteiger partial charge in [0.15, 0.2) is 0 Å². The van der Waals surface area contributed by atoms with Gasteiger partial charge in [-0.05, 0) is 30.5 Å². The molecule has 0 aromatic heterocycles. The molecule has 2 heteroatoms. The van der Waals surface area contributed by atoms with Gasteiger partial charge in [-0.1, -0.05) is 19.1 Å². The molecule has 0 radical (unpaired) electrons. The summed E-state index contributed by atoms with van der Waals surface area (Å²) >= 11 is 0. The summed E-state index contributed by atoms with van der Waals surface area (Å²) in [6.45, 7) is 3.92. The standard InChI is InChI=1S/C10H15NO/c1-3-9(11)8-4-5-10(12)7(2)6-8/h4-6,9,12H,3,11H2,1-2H3/t9-/m1/s1. The minimum absolute atomic E-state index is 0.0873. The molecule has 0 saturated heterocycles. The zero-order valence-electron chi connectivity index (χ0n) is 7.54. The number of nitrogens with two attached hydrogens (primary N) is 1. The van der Waals surface area contributed by atoms with Gasteiger partial charge in [-0.25, -0.2) is 0 Å². The van der Waals surface area contributed by atoms with Crippen molar-refractivity contribution in [3.05, 3.63) is 29.3 Å². The molecule has 0 bridgehead atoms. The summed E-state index contributed by atoms with van der Waals surface area (Å²) < 4.78 is 0. The van der Waals surface area contributed by atoms with Crippen molar-refractivity contribution >= 4 is 0 Å². The molecule has 0 unspecified atom stereocenters. The molecule has 0 aliphatic rings. The zero-order valence-corrected chi connectivity index (χ0v) is 7.54. The lowest BCUT2D eigenvalue weighted by Gasteiger charge is -2.10. The largest absolute Gasteiger partial charge is 0.508 e. The number of aromatic hydroxyl groups is 1. The van der Waals surface area contributed by atoms with E-state index in [0.29, 0.717) is 5.75 Å². The summed E-state index contributed by atoms with van der Waals surface area (Å²) in [7, 11) is 0. The molecule has 3 N–H and O–H groups in total. The van der Waals surface area contributed by atoms with E-state index in [4.69, 9.17) is 5.73 Å². The molecule has 66 valence electrons. The van der Waals surface area contributed by atoms with Crippen molar-refractivity contribution < 1.29 is 5.11 Å². The van der Waals surface area contributed by atoms with E-state index in [1.54, 1.807) is 6.07 Å². The number of phenols is 1. The predicted molar refractivity (Wildman–Crippen MR) is 50.1 cm³/mol. The third-order valence-electron chi connectivity index (χ3n) is 2.09. The van der Waals surface area contributed by atoms with Crippen molar-refractivity contribution in [2.75, 3.05) is 0 Å². The first-order valence-electron chi connectivity index (χ1n) is 4.20. The Morgan fingerprint density at radius 1 is 1.50 bits per heavy atom. The van der Waals surface area contributed by atoms with Crippen LogP contribution in [0.4, 0.5) is 0 Å². The van der Waals surface area contributed by atoms with Crippen LogP contribution in [0.2, 0.25) is 0 Å². The number of hydrogen-bond donors (Lipinski definition) is 2. The van der Waals surface area contributed by atoms with Crippen molar-refractivity contribution in [1.82, 2.24) is 0 Å². The van der Waals surface area contributed by atoms with E-state index in [9.17, 15) is 5.11 Å². The zero-order chi connectivity index (χ0) is 9.14. The molecule has 0 heterocycles. The van der Waals surface area contributed by atoms with E-state index >= 15 is 0 Å². The summed E-state index contributed by atoms with van der Waals surface area (Å²) in [5.74, 6) is 0.335. The maximum Gasteiger partial charge on any atom is 0.118 e. The summed E-state index contributed by atoms with van der Waals surface area (Å²) in [6, 6.07) is 5.59. The van der Waals surface area contributed by atoms with Crippen LogP contribution < -0.4 is 5.73 Å². The average Bonchev–Trinajstić information content (AvgIpc) is 2.08. The molecule has 2 nitrogen and oxygen atoms in total. The Labute approximate surface area is 73.0 Å². The van der Waals surface area contributed by atoms with Crippen LogP contribution in [-0.2, 0) is 0 Å². The summed E-state index contributed by atoms with van der Waals surface area (Å²) in [5.41, 5.74) is 7.81. The Morgan fingerprint density at radius 2 is 2.17 bits per heavy atom. The molecule has 1 aromatic rings. The van der Waals surface area contributed by atoms with Crippen LogP contribution in [0.1, 0.15) is 30.5 Å². The van der Waals surface area contributed by atoms with Gasteiger partial charge >= 0.3 is 0 Å². The molecule has 0 saturated carbocycles. The van der Waals surface area contributed by atoms with E-state index in [2.05, 4.69) is 0 Å². The Kier molecular flexibility index (Phi) is 2.71. The number of phenolic OH excluding ortho intramolecular Hbond substituents is 1. The minimum atomic E-state index is 0.0873. The van der Waals surface area contributed by atoms with Gasteiger partial charge < -0.3 is 10.8 Å². The smallest absolute Gasteiger partial charge is 0.118 e. The molecular weight excluding hydrogens is 150 g/mol. The van der Waals surface area contributed by atoms with Gasteiger partial charge in [0, 0.05) is 6.04 Å². The van der Waals surface area contributed by atoms with Crippen LogP contribution in [0, 0.1) is 6.92 Å². The Bertz CT molecular complexity index is 271. The average molecular weight is 165 g/mol. The van der Waals surface area contributed by atoms with E-state index < -0.39 is 0 Å². The lowest BCUT2D eigenvalue weighted by Crippen LogP contribution is -2.08. The van der Waals surface area contributed by atoms with Gasteiger partial charge in [0.2, 0.25) is 0 Å². The fourth-order valence-electron chi connectivity index (χ4n) is 1.14. The molecular formula is C10H15NO. The third-order valence-corrected chi connectivity index (χ3v) is 2.09. The highest BCUT2D eigenvalue weighted by Crippen LogP contribution is 2.21. The highest BCUT2D eigenvalue weighted by atomic mass is 16.3. The number of hydrogen-bond acceptors (Lipinski definition) is 2. The van der Waals surface area contributed by atoms with Crippen LogP contribution >= 0.6 is 0 Å². The van der Waals surface area contributed by atoms with Crippen LogP contribution in [0.15, 0.2) is 18.2 Å². The fourth-order valence-corrected chi connectivity index (χ4v) is 1.14. The second-order valence-corrected chi connectivity index (χ2v) is 3.06. The van der Waals surface area contributed by atoms with E-state index in [0.717, 1.165) is 17.5 Å². The number of benzene rings is 1. The minimum Gasteiger partial charge on any atom is -0.508 e. The van der Waals surface area contributed by atoms with E-state index in [1.165, 1.54) is 0 Å². The highest BCUT2D eigenvalue weighted by Gasteiger charge is 2.04. The maximum atomic E-state index is 9.26. The van der Waals surface area contributed by atoms with Crippen molar-refractivity contribution in [2.24, 2.45) is 5.73 Å². The Hall–Kier alpha value is -1.02. The van der Waals surface area contributed by atoms with Crippen molar-refractivity contribution in [2.45, 2.75) is 26.3 Å². The molecule has 0 aliphatic carbocycles. The predicted octanol–water partition coefficient (Wildman–Crippen LogP) is 2.11. The molecule has 0 amide bonds. The molecule has 1 atom stereocenters. The van der Waals surface area contributed by atoms with Crippen molar-refractivity contribution in [3.63, 3.8) is 0 Å². The molecule has 12 heavy (non-hydrogen) atoms. The molecule has 0 spiro atoms. The van der Waals surface area contributed by atoms with Gasteiger partial charge in [0.05, 0.1) is 0 Å². The van der Waals surface area contributed by atoms with Gasteiger partial charge in [-0.3, -0.25) is 0 Å². The molecule has 1 aromatic carbocycles. The van der Waals surface area contributed by atoms with Crippen LogP contribution in [0.3, 0.4) is 0 Å². The first-order chi connectivity index (χ1) is 5.65. The summed E-state index contributed by atoms with van der Waals surface area (Å²) in [6.07, 6.45) is 0.921. The fraction of sp³-hybridized carbons (Fsp3) is 0.400. The van der Waals surface area contributed by atoms with Gasteiger partial charge in [0.25, 0.3) is 0 Å². The Morgan fingerprint density at radius 3 is 2.67 bits per heavy atom. The monoisotopic (exact) mass is 165 g/mol. The lowest BCUT2D eigenvalue weighted by molar-refractivity contribution is 0.470. The molecule has 0 aliphatic heterocycles. The van der Waals surface area contributed by atoms with Crippen molar-refractivity contribution in [1.29, 1.82) is 0 Å². The number of rotatable bonds is 2. The quantitative estimate of drug-likeness (QED) is 0.705. The van der Waals surface area contributed by atoms with Gasteiger partial charge in [0.1, 0.15) is 5.75 Å². The highest BCUT2D eigenvalue weighted by molar-refractivity contribution is 5.36. The van der Waals surface area contributed by atoms with Crippen molar-refractivity contribution in [3.8, 4) is 5.75 Å². The SMILES string of the molecule is CC[C@@H](N)c1ccc(O)c(C)c1. The maximum absolute atomic E-state index is 9.26. The first kappa shape index (κ1) is 9.07. The number of aryl methyl sites for hydroxylation is 1. The van der Waals surface area contributed by atoms with Crippen LogP contribution in [-0.4, -0.2) is 5.11 Å². The second kappa shape index (κ2) is 3.59.